The van der Waals surface area contributed by atoms with Crippen LogP contribution in [0, 0.1) is 5.92 Å². The summed E-state index contributed by atoms with van der Waals surface area (Å²) in [4.78, 5) is 24.7. The molecule has 0 aliphatic carbocycles. The Morgan fingerprint density at radius 3 is 2.43 bits per heavy atom. The molecule has 0 aliphatic rings. The van der Waals surface area contributed by atoms with Gasteiger partial charge in [-0.15, -0.1) is 0 Å². The largest absolute Gasteiger partial charge is 0.478 e. The number of carboxylic acid groups (broad SMARTS) is 1. The maximum atomic E-state index is 12.1. The highest BCUT2D eigenvalue weighted by Crippen LogP contribution is 2.25. The molecule has 0 saturated carbocycles. The van der Waals surface area contributed by atoms with Gasteiger partial charge in [-0.1, -0.05) is 13.8 Å². The molecule has 0 aliphatic heterocycles. The summed E-state index contributed by atoms with van der Waals surface area (Å²) in [6.45, 7) is 6.44. The van der Waals surface area contributed by atoms with Crippen LogP contribution in [0.25, 0.3) is 0 Å². The highest BCUT2D eigenvalue weighted by molar-refractivity contribution is 5.91. The van der Waals surface area contributed by atoms with E-state index in [1.807, 2.05) is 13.8 Å². The predicted octanol–water partition coefficient (Wildman–Crippen LogP) is 1.56. The molecule has 6 heteroatoms. The van der Waals surface area contributed by atoms with Crippen LogP contribution in [0.4, 0.5) is 11.4 Å². The molecule has 116 valence electrons. The lowest BCUT2D eigenvalue weighted by molar-refractivity contribution is -0.122. The number of carbonyl (C=O) groups excluding carboxylic acids is 1. The molecular weight excluding hydrogens is 270 g/mol. The van der Waals surface area contributed by atoms with Gasteiger partial charge in [0.25, 0.3) is 0 Å². The topological polar surface area (TPSA) is 95.7 Å². The van der Waals surface area contributed by atoms with Gasteiger partial charge < -0.3 is 21.1 Å². The summed E-state index contributed by atoms with van der Waals surface area (Å²) in [5, 5.41) is 11.8. The zero-order valence-electron chi connectivity index (χ0n) is 12.9. The van der Waals surface area contributed by atoms with Gasteiger partial charge in [-0.2, -0.15) is 0 Å². The van der Waals surface area contributed by atoms with E-state index in [9.17, 15) is 9.59 Å². The summed E-state index contributed by atoms with van der Waals surface area (Å²) < 4.78 is 0. The van der Waals surface area contributed by atoms with E-state index in [0.29, 0.717) is 23.8 Å². The molecule has 0 saturated heterocycles. The van der Waals surface area contributed by atoms with Crippen molar-refractivity contribution >= 4 is 23.3 Å². The van der Waals surface area contributed by atoms with Crippen molar-refractivity contribution in [2.45, 2.75) is 26.8 Å². The number of anilines is 2. The van der Waals surface area contributed by atoms with Crippen LogP contribution in [0.1, 0.15) is 31.1 Å². The number of hydrogen-bond donors (Lipinski definition) is 3. The minimum atomic E-state index is -1.03. The normalized spacial score (nSPS) is 12.0. The van der Waals surface area contributed by atoms with Crippen LogP contribution in [-0.4, -0.2) is 36.6 Å². The molecular formula is C15H23N3O3. The summed E-state index contributed by atoms with van der Waals surface area (Å²) in [5.41, 5.74) is 6.98. The van der Waals surface area contributed by atoms with Crippen molar-refractivity contribution in [2.75, 3.05) is 24.2 Å². The molecule has 1 rings (SSSR count). The third-order valence-electron chi connectivity index (χ3n) is 3.30. The number of nitrogen functional groups attached to an aromatic ring is 1. The summed E-state index contributed by atoms with van der Waals surface area (Å²) in [6.07, 6.45) is 0. The molecule has 1 unspecified atom stereocenters. The summed E-state index contributed by atoms with van der Waals surface area (Å²) >= 11 is 0. The number of amides is 1. The van der Waals surface area contributed by atoms with Gasteiger partial charge in [0.2, 0.25) is 5.91 Å². The molecule has 0 radical (unpaired) electrons. The van der Waals surface area contributed by atoms with Crippen molar-refractivity contribution in [1.82, 2.24) is 5.32 Å². The number of carbonyl (C=O) groups is 2. The Labute approximate surface area is 124 Å². The van der Waals surface area contributed by atoms with Crippen molar-refractivity contribution in [3.8, 4) is 0 Å². The molecule has 0 spiro atoms. The Hall–Kier alpha value is -2.24. The van der Waals surface area contributed by atoms with Gasteiger partial charge in [0.1, 0.15) is 6.04 Å². The molecule has 0 fully saturated rings. The van der Waals surface area contributed by atoms with Crippen LogP contribution in [0.2, 0.25) is 0 Å². The summed E-state index contributed by atoms with van der Waals surface area (Å²) in [6, 6.07) is 4.09. The average molecular weight is 293 g/mol. The molecule has 1 aromatic rings. The number of rotatable bonds is 6. The lowest BCUT2D eigenvalue weighted by atomic mass is 10.1. The molecule has 1 atom stereocenters. The van der Waals surface area contributed by atoms with E-state index in [1.54, 1.807) is 24.9 Å². The average Bonchev–Trinajstić information content (AvgIpc) is 2.42. The van der Waals surface area contributed by atoms with Crippen molar-refractivity contribution in [1.29, 1.82) is 0 Å². The van der Waals surface area contributed by atoms with E-state index in [1.165, 1.54) is 12.1 Å². The van der Waals surface area contributed by atoms with Crippen LogP contribution in [-0.2, 0) is 4.79 Å². The zero-order valence-corrected chi connectivity index (χ0v) is 12.9. The lowest BCUT2D eigenvalue weighted by Crippen LogP contribution is -2.44. The minimum Gasteiger partial charge on any atom is -0.478 e. The Balaban J connectivity index is 2.85. The first kappa shape index (κ1) is 16.8. The third-order valence-corrected chi connectivity index (χ3v) is 3.30. The quantitative estimate of drug-likeness (QED) is 0.692. The van der Waals surface area contributed by atoms with Crippen LogP contribution in [0.5, 0.6) is 0 Å². The molecule has 0 bridgehead atoms. The van der Waals surface area contributed by atoms with E-state index in [4.69, 9.17) is 10.8 Å². The van der Waals surface area contributed by atoms with Crippen molar-refractivity contribution in [3.05, 3.63) is 23.8 Å². The number of benzene rings is 1. The Bertz CT molecular complexity index is 529. The number of nitrogens with one attached hydrogen (secondary N) is 1. The van der Waals surface area contributed by atoms with Crippen molar-refractivity contribution in [3.63, 3.8) is 0 Å². The fourth-order valence-electron chi connectivity index (χ4n) is 1.85. The van der Waals surface area contributed by atoms with Gasteiger partial charge >= 0.3 is 5.97 Å². The number of carboxylic acids is 1. The molecule has 0 aromatic heterocycles. The summed E-state index contributed by atoms with van der Waals surface area (Å²) in [7, 11) is 1.76. The first-order valence-corrected chi connectivity index (χ1v) is 6.87. The summed E-state index contributed by atoms with van der Waals surface area (Å²) in [5.74, 6) is -0.738. The zero-order chi connectivity index (χ0) is 16.2. The number of aromatic carboxylic acids is 1. The van der Waals surface area contributed by atoms with Gasteiger partial charge in [-0.05, 0) is 31.0 Å². The van der Waals surface area contributed by atoms with E-state index < -0.39 is 12.0 Å². The molecule has 6 nitrogen and oxygen atoms in total. The van der Waals surface area contributed by atoms with Gasteiger partial charge in [0.15, 0.2) is 0 Å². The smallest absolute Gasteiger partial charge is 0.335 e. The Kier molecular flexibility index (Phi) is 5.58. The molecule has 1 aromatic carbocycles. The van der Waals surface area contributed by atoms with Crippen LogP contribution >= 0.6 is 0 Å². The van der Waals surface area contributed by atoms with Crippen LogP contribution in [0.3, 0.4) is 0 Å². The first-order valence-electron chi connectivity index (χ1n) is 6.87. The Morgan fingerprint density at radius 1 is 1.33 bits per heavy atom. The molecule has 1 amide bonds. The fourth-order valence-corrected chi connectivity index (χ4v) is 1.85. The van der Waals surface area contributed by atoms with Gasteiger partial charge in [0, 0.05) is 13.6 Å². The van der Waals surface area contributed by atoms with E-state index in [2.05, 4.69) is 5.32 Å². The number of hydrogen-bond acceptors (Lipinski definition) is 4. The van der Waals surface area contributed by atoms with E-state index >= 15 is 0 Å². The van der Waals surface area contributed by atoms with Crippen LogP contribution in [0.15, 0.2) is 18.2 Å². The fraction of sp³-hybridized carbons (Fsp3) is 0.467. The second-order valence-electron chi connectivity index (χ2n) is 5.50. The predicted molar refractivity (Wildman–Crippen MR) is 83.5 cm³/mol. The highest BCUT2D eigenvalue weighted by Gasteiger charge is 2.20. The van der Waals surface area contributed by atoms with Gasteiger partial charge in [-0.25, -0.2) is 4.79 Å². The van der Waals surface area contributed by atoms with Crippen molar-refractivity contribution < 1.29 is 14.7 Å². The van der Waals surface area contributed by atoms with E-state index in [-0.39, 0.29) is 11.5 Å². The van der Waals surface area contributed by atoms with Gasteiger partial charge in [-0.3, -0.25) is 4.79 Å². The van der Waals surface area contributed by atoms with Crippen molar-refractivity contribution in [2.24, 2.45) is 5.92 Å². The molecule has 0 heterocycles. The first-order chi connectivity index (χ1) is 9.73. The van der Waals surface area contributed by atoms with E-state index in [0.717, 1.165) is 0 Å². The highest BCUT2D eigenvalue weighted by atomic mass is 16.4. The second-order valence-corrected chi connectivity index (χ2v) is 5.50. The molecule has 21 heavy (non-hydrogen) atoms. The standard InChI is InChI=1S/C15H23N3O3/c1-9(2)8-17-14(19)10(3)18(4)13-6-5-11(15(20)21)7-12(13)16/h5-7,9-10H,8,16H2,1-4H3,(H,17,19)(H,20,21). The Morgan fingerprint density at radius 2 is 1.95 bits per heavy atom. The third kappa shape index (κ3) is 4.37. The maximum Gasteiger partial charge on any atom is 0.335 e. The SMILES string of the molecule is CC(C)CNC(=O)C(C)N(C)c1ccc(C(=O)O)cc1N. The molecule has 4 N–H and O–H groups in total. The number of nitrogens with two attached hydrogens (primary N) is 1. The number of likely N-dealkylation sites (N-methyl/N-ethyl adjacent to an activating group) is 1. The lowest BCUT2D eigenvalue weighted by Gasteiger charge is -2.27. The maximum absolute atomic E-state index is 12.1. The van der Waals surface area contributed by atoms with Crippen LogP contribution < -0.4 is 16.0 Å². The van der Waals surface area contributed by atoms with Gasteiger partial charge in [0.05, 0.1) is 16.9 Å². The second kappa shape index (κ2) is 6.97. The minimum absolute atomic E-state index is 0.0899. The number of nitrogens with zero attached hydrogens (tertiary/aromatic N) is 1. The monoisotopic (exact) mass is 293 g/mol.